The van der Waals surface area contributed by atoms with Gasteiger partial charge in [0.1, 0.15) is 0 Å². The molecule has 2 N–H and O–H groups in total. The van der Waals surface area contributed by atoms with E-state index in [2.05, 4.69) is 17.6 Å². The molecule has 0 spiro atoms. The molecule has 0 aliphatic heterocycles. The van der Waals surface area contributed by atoms with Gasteiger partial charge in [-0.25, -0.2) is 4.79 Å². The summed E-state index contributed by atoms with van der Waals surface area (Å²) in [7, 11) is 0. The average molecular weight is 328 g/mol. The molecule has 0 unspecified atom stereocenters. The number of carbonyl (C=O) groups excluding carboxylic acids is 2. The molecule has 1 aromatic rings. The molecule has 130 valence electrons. The third-order valence-corrected chi connectivity index (χ3v) is 6.03. The molecule has 3 rings (SSSR count). The minimum Gasteiger partial charge on any atom is -0.335 e. The van der Waals surface area contributed by atoms with Crippen LogP contribution >= 0.6 is 0 Å². The molecular weight excluding hydrogens is 300 g/mol. The molecule has 4 heteroatoms. The summed E-state index contributed by atoms with van der Waals surface area (Å²) in [6.07, 6.45) is 5.26. The second-order valence-corrected chi connectivity index (χ2v) is 7.68. The zero-order chi connectivity index (χ0) is 17.3. The minimum atomic E-state index is -0.234. The Balaban J connectivity index is 1.46. The first kappa shape index (κ1) is 17.0. The predicted octanol–water partition coefficient (Wildman–Crippen LogP) is 3.61. The minimum absolute atomic E-state index is 0.0395. The fourth-order valence-electron chi connectivity index (χ4n) is 4.45. The molecule has 0 heterocycles. The summed E-state index contributed by atoms with van der Waals surface area (Å²) >= 11 is 0. The maximum absolute atomic E-state index is 12.2. The van der Waals surface area contributed by atoms with Crippen LogP contribution < -0.4 is 10.6 Å². The van der Waals surface area contributed by atoms with E-state index >= 15 is 0 Å². The number of fused-ring (bicyclic) bond motifs is 2. The number of rotatable bonds is 5. The summed E-state index contributed by atoms with van der Waals surface area (Å²) in [5.41, 5.74) is 2.91. The molecule has 0 radical (unpaired) electrons. The molecule has 24 heavy (non-hydrogen) atoms. The average Bonchev–Trinajstić information content (AvgIpc) is 3.18. The van der Waals surface area contributed by atoms with Crippen molar-refractivity contribution in [3.05, 3.63) is 34.9 Å². The maximum Gasteiger partial charge on any atom is 0.315 e. The SMILES string of the molecule is Cc1ccc(C(=O)CNC(=O)N[C@H](C)[C@@H]2C[C@H]3CC[C@H]2C3)cc1C. The molecule has 2 aliphatic carbocycles. The van der Waals surface area contributed by atoms with Crippen molar-refractivity contribution in [2.45, 2.75) is 52.5 Å². The van der Waals surface area contributed by atoms with Crippen LogP contribution in [0, 0.1) is 31.6 Å². The zero-order valence-corrected chi connectivity index (χ0v) is 14.9. The maximum atomic E-state index is 12.2. The van der Waals surface area contributed by atoms with Crippen LogP contribution in [0.3, 0.4) is 0 Å². The van der Waals surface area contributed by atoms with Crippen LogP contribution in [0.1, 0.15) is 54.1 Å². The Kier molecular flexibility index (Phi) is 4.93. The van der Waals surface area contributed by atoms with E-state index in [0.717, 1.165) is 23.0 Å². The molecule has 0 aromatic heterocycles. The number of ketones is 1. The first-order chi connectivity index (χ1) is 11.4. The van der Waals surface area contributed by atoms with Gasteiger partial charge in [-0.3, -0.25) is 4.79 Å². The fourth-order valence-corrected chi connectivity index (χ4v) is 4.45. The Labute approximate surface area is 144 Å². The number of Topliss-reactive ketones (excluding diaryl/α,β-unsaturated/α-hetero) is 1. The highest BCUT2D eigenvalue weighted by Gasteiger charge is 2.42. The Morgan fingerprint density at radius 1 is 1.17 bits per heavy atom. The lowest BCUT2D eigenvalue weighted by atomic mass is 9.84. The highest BCUT2D eigenvalue weighted by Crippen LogP contribution is 2.49. The van der Waals surface area contributed by atoms with Crippen LogP contribution in [-0.4, -0.2) is 24.4 Å². The van der Waals surface area contributed by atoms with E-state index in [-0.39, 0.29) is 24.4 Å². The molecule has 2 saturated carbocycles. The van der Waals surface area contributed by atoms with Crippen molar-refractivity contribution in [2.24, 2.45) is 17.8 Å². The number of nitrogens with one attached hydrogen (secondary N) is 2. The molecule has 2 amide bonds. The van der Waals surface area contributed by atoms with Crippen molar-refractivity contribution in [3.8, 4) is 0 Å². The summed E-state index contributed by atoms with van der Waals surface area (Å²) in [6, 6.07) is 5.59. The van der Waals surface area contributed by atoms with E-state index in [1.807, 2.05) is 32.0 Å². The third-order valence-electron chi connectivity index (χ3n) is 6.03. The van der Waals surface area contributed by atoms with Crippen LogP contribution in [0.5, 0.6) is 0 Å². The van der Waals surface area contributed by atoms with Gasteiger partial charge in [0.25, 0.3) is 0 Å². The van der Waals surface area contributed by atoms with Gasteiger partial charge < -0.3 is 10.6 Å². The highest BCUT2D eigenvalue weighted by atomic mass is 16.2. The van der Waals surface area contributed by atoms with Gasteiger partial charge >= 0.3 is 6.03 Å². The summed E-state index contributed by atoms with van der Waals surface area (Å²) in [6.45, 7) is 6.14. The monoisotopic (exact) mass is 328 g/mol. The normalized spacial score (nSPS) is 26.2. The molecule has 2 bridgehead atoms. The van der Waals surface area contributed by atoms with Crippen molar-refractivity contribution in [2.75, 3.05) is 6.54 Å². The lowest BCUT2D eigenvalue weighted by molar-refractivity contribution is 0.0991. The lowest BCUT2D eigenvalue weighted by Crippen LogP contribution is -2.46. The molecule has 2 aliphatic rings. The summed E-state index contributed by atoms with van der Waals surface area (Å²) in [4.78, 5) is 24.3. The zero-order valence-electron chi connectivity index (χ0n) is 14.9. The Hall–Kier alpha value is -1.84. The van der Waals surface area contributed by atoms with E-state index in [0.29, 0.717) is 11.5 Å². The largest absolute Gasteiger partial charge is 0.335 e. The van der Waals surface area contributed by atoms with Crippen LogP contribution in [0.2, 0.25) is 0 Å². The number of aryl methyl sites for hydroxylation is 2. The van der Waals surface area contributed by atoms with Gasteiger partial charge in [0.15, 0.2) is 5.78 Å². The van der Waals surface area contributed by atoms with Gasteiger partial charge in [0.05, 0.1) is 6.54 Å². The van der Waals surface area contributed by atoms with Crippen molar-refractivity contribution < 1.29 is 9.59 Å². The summed E-state index contributed by atoms with van der Waals surface area (Å²) in [5.74, 6) is 2.20. The molecular formula is C20H28N2O2. The highest BCUT2D eigenvalue weighted by molar-refractivity contribution is 5.99. The Morgan fingerprint density at radius 3 is 2.58 bits per heavy atom. The fraction of sp³-hybridized carbons (Fsp3) is 0.600. The van der Waals surface area contributed by atoms with Crippen molar-refractivity contribution in [3.63, 3.8) is 0 Å². The molecule has 0 saturated heterocycles. The number of amides is 2. The van der Waals surface area contributed by atoms with E-state index in [1.165, 1.54) is 25.7 Å². The number of hydrogen-bond acceptors (Lipinski definition) is 2. The second kappa shape index (κ2) is 6.96. The van der Waals surface area contributed by atoms with Gasteiger partial charge in [-0.1, -0.05) is 18.6 Å². The van der Waals surface area contributed by atoms with Crippen LogP contribution in [0.4, 0.5) is 4.79 Å². The van der Waals surface area contributed by atoms with E-state index < -0.39 is 0 Å². The van der Waals surface area contributed by atoms with Crippen molar-refractivity contribution >= 4 is 11.8 Å². The van der Waals surface area contributed by atoms with Crippen molar-refractivity contribution in [1.82, 2.24) is 10.6 Å². The molecule has 2 fully saturated rings. The first-order valence-corrected chi connectivity index (χ1v) is 9.09. The quantitative estimate of drug-likeness (QED) is 0.811. The Morgan fingerprint density at radius 2 is 1.96 bits per heavy atom. The third kappa shape index (κ3) is 3.63. The van der Waals surface area contributed by atoms with Crippen LogP contribution in [0.25, 0.3) is 0 Å². The summed E-state index contributed by atoms with van der Waals surface area (Å²) < 4.78 is 0. The van der Waals surface area contributed by atoms with Gasteiger partial charge in [0.2, 0.25) is 0 Å². The van der Waals surface area contributed by atoms with Crippen molar-refractivity contribution in [1.29, 1.82) is 0 Å². The summed E-state index contributed by atoms with van der Waals surface area (Å²) in [5, 5.41) is 5.75. The van der Waals surface area contributed by atoms with Crippen LogP contribution in [0.15, 0.2) is 18.2 Å². The number of urea groups is 1. The molecule has 4 nitrogen and oxygen atoms in total. The van der Waals surface area contributed by atoms with Crippen LogP contribution in [-0.2, 0) is 0 Å². The number of carbonyl (C=O) groups is 2. The number of hydrogen-bond donors (Lipinski definition) is 2. The second-order valence-electron chi connectivity index (χ2n) is 7.68. The lowest BCUT2D eigenvalue weighted by Gasteiger charge is -2.28. The van der Waals surface area contributed by atoms with Gasteiger partial charge in [-0.15, -0.1) is 0 Å². The standard InChI is InChI=1S/C20H28N2O2/c1-12-4-6-17(8-13(12)2)19(23)11-21-20(24)22-14(3)18-10-15-5-7-16(18)9-15/h4,6,8,14-16,18H,5,7,9-11H2,1-3H3,(H2,21,22,24)/t14-,15+,16+,18+/m1/s1. The van der Waals surface area contributed by atoms with Gasteiger partial charge in [0, 0.05) is 11.6 Å². The van der Waals surface area contributed by atoms with E-state index in [1.54, 1.807) is 0 Å². The van der Waals surface area contributed by atoms with Gasteiger partial charge in [-0.05, 0) is 75.0 Å². The predicted molar refractivity (Wildman–Crippen MR) is 95.2 cm³/mol. The van der Waals surface area contributed by atoms with Gasteiger partial charge in [-0.2, -0.15) is 0 Å². The molecule has 1 aromatic carbocycles. The smallest absolute Gasteiger partial charge is 0.315 e. The first-order valence-electron chi connectivity index (χ1n) is 9.09. The number of benzene rings is 1. The van der Waals surface area contributed by atoms with E-state index in [4.69, 9.17) is 0 Å². The molecule has 4 atom stereocenters. The topological polar surface area (TPSA) is 58.2 Å². The van der Waals surface area contributed by atoms with E-state index in [9.17, 15) is 9.59 Å². The Bertz CT molecular complexity index is 641.